The van der Waals surface area contributed by atoms with Crippen LogP contribution in [0.2, 0.25) is 0 Å². The smallest absolute Gasteiger partial charge is 0.262 e. The van der Waals surface area contributed by atoms with Crippen molar-refractivity contribution in [3.63, 3.8) is 0 Å². The minimum atomic E-state index is -0.928. The molecular formula is C21H24N4O4. The molecule has 3 fully saturated rings. The van der Waals surface area contributed by atoms with E-state index < -0.39 is 23.8 Å². The van der Waals surface area contributed by atoms with Crippen molar-refractivity contribution in [2.75, 3.05) is 0 Å². The van der Waals surface area contributed by atoms with Gasteiger partial charge in [0.2, 0.25) is 11.8 Å². The summed E-state index contributed by atoms with van der Waals surface area (Å²) in [4.78, 5) is 52.8. The highest BCUT2D eigenvalue weighted by atomic mass is 16.2. The quantitative estimate of drug-likeness (QED) is 0.721. The van der Waals surface area contributed by atoms with Gasteiger partial charge in [-0.25, -0.2) is 0 Å². The lowest BCUT2D eigenvalue weighted by Gasteiger charge is -2.37. The van der Waals surface area contributed by atoms with Crippen LogP contribution in [0.15, 0.2) is 18.2 Å². The van der Waals surface area contributed by atoms with Gasteiger partial charge in [0.1, 0.15) is 6.04 Å². The van der Waals surface area contributed by atoms with E-state index in [0.29, 0.717) is 23.2 Å². The standard InChI is InChI=1S/C21H24N4O4/c22-12-8-13-2-3-14(9-12)24(13)10-11-1-4-15-16(7-11)21(29)25(20(15)28)17-5-6-18(26)23-19(17)27/h1,4,7,12-14,17H,2-3,5-6,8-10,22H2,(H,23,26,27)/t12?,13-,14+,17?. The van der Waals surface area contributed by atoms with Crippen LogP contribution in [0.1, 0.15) is 64.8 Å². The number of fused-ring (bicyclic) bond motifs is 3. The second kappa shape index (κ2) is 6.74. The number of nitrogens with two attached hydrogens (primary N) is 1. The van der Waals surface area contributed by atoms with Gasteiger partial charge in [-0.3, -0.25) is 34.3 Å². The number of imide groups is 2. The van der Waals surface area contributed by atoms with E-state index >= 15 is 0 Å². The molecule has 1 aromatic rings. The highest BCUT2D eigenvalue weighted by Gasteiger charge is 2.45. The average molecular weight is 396 g/mol. The van der Waals surface area contributed by atoms with Gasteiger partial charge in [-0.1, -0.05) is 6.07 Å². The molecule has 2 bridgehead atoms. The minimum absolute atomic E-state index is 0.120. The first-order valence-electron chi connectivity index (χ1n) is 10.3. The third-order valence-corrected chi connectivity index (χ3v) is 6.79. The highest BCUT2D eigenvalue weighted by Crippen LogP contribution is 2.37. The fourth-order valence-corrected chi connectivity index (χ4v) is 5.40. The van der Waals surface area contributed by atoms with E-state index in [0.717, 1.165) is 42.7 Å². The lowest BCUT2D eigenvalue weighted by atomic mass is 9.97. The predicted octanol–water partition coefficient (Wildman–Crippen LogP) is 0.542. The van der Waals surface area contributed by atoms with E-state index in [1.807, 2.05) is 6.07 Å². The van der Waals surface area contributed by atoms with Crippen LogP contribution in [0.5, 0.6) is 0 Å². The molecule has 0 saturated carbocycles. The normalized spacial score (nSPS) is 32.0. The molecule has 0 aliphatic carbocycles. The summed E-state index contributed by atoms with van der Waals surface area (Å²) in [6.07, 6.45) is 4.60. The predicted molar refractivity (Wildman–Crippen MR) is 103 cm³/mol. The molecule has 0 spiro atoms. The zero-order chi connectivity index (χ0) is 20.3. The third-order valence-electron chi connectivity index (χ3n) is 6.79. The molecule has 29 heavy (non-hydrogen) atoms. The van der Waals surface area contributed by atoms with E-state index in [4.69, 9.17) is 5.73 Å². The lowest BCUT2D eigenvalue weighted by Crippen LogP contribution is -2.54. The van der Waals surface area contributed by atoms with Crippen molar-refractivity contribution in [2.24, 2.45) is 5.73 Å². The van der Waals surface area contributed by atoms with Crippen LogP contribution in [0.3, 0.4) is 0 Å². The molecule has 4 aliphatic heterocycles. The van der Waals surface area contributed by atoms with Crippen molar-refractivity contribution in [1.82, 2.24) is 15.1 Å². The summed E-state index contributed by atoms with van der Waals surface area (Å²) < 4.78 is 0. The fourth-order valence-electron chi connectivity index (χ4n) is 5.40. The number of nitrogens with zero attached hydrogens (tertiary/aromatic N) is 2. The first-order valence-corrected chi connectivity index (χ1v) is 10.3. The van der Waals surface area contributed by atoms with Crippen LogP contribution < -0.4 is 11.1 Å². The molecule has 0 aromatic heterocycles. The molecule has 5 rings (SSSR count). The van der Waals surface area contributed by atoms with Gasteiger partial charge in [0, 0.05) is 31.1 Å². The van der Waals surface area contributed by atoms with Crippen molar-refractivity contribution in [2.45, 2.75) is 69.2 Å². The van der Waals surface area contributed by atoms with Crippen LogP contribution in [0.25, 0.3) is 0 Å². The molecule has 0 radical (unpaired) electrons. The fraction of sp³-hybridized carbons (Fsp3) is 0.524. The van der Waals surface area contributed by atoms with Gasteiger partial charge < -0.3 is 5.73 Å². The molecule has 8 nitrogen and oxygen atoms in total. The Morgan fingerprint density at radius 1 is 0.966 bits per heavy atom. The van der Waals surface area contributed by atoms with Gasteiger partial charge in [0.15, 0.2) is 0 Å². The monoisotopic (exact) mass is 396 g/mol. The minimum Gasteiger partial charge on any atom is -0.328 e. The summed E-state index contributed by atoms with van der Waals surface area (Å²) in [5.41, 5.74) is 7.82. The largest absolute Gasteiger partial charge is 0.328 e. The van der Waals surface area contributed by atoms with Crippen LogP contribution in [0.4, 0.5) is 0 Å². The molecule has 152 valence electrons. The Morgan fingerprint density at radius 3 is 2.34 bits per heavy atom. The molecule has 4 aliphatic rings. The van der Waals surface area contributed by atoms with Gasteiger partial charge in [-0.05, 0) is 49.8 Å². The third kappa shape index (κ3) is 2.98. The summed E-state index contributed by atoms with van der Waals surface area (Å²) in [7, 11) is 0. The lowest BCUT2D eigenvalue weighted by molar-refractivity contribution is -0.136. The van der Waals surface area contributed by atoms with Crippen LogP contribution in [-0.4, -0.2) is 57.6 Å². The summed E-state index contributed by atoms with van der Waals surface area (Å²) in [5, 5.41) is 2.22. The number of benzene rings is 1. The van der Waals surface area contributed by atoms with Crippen LogP contribution in [-0.2, 0) is 16.1 Å². The number of amides is 4. The van der Waals surface area contributed by atoms with E-state index in [-0.39, 0.29) is 24.8 Å². The molecule has 1 aromatic carbocycles. The van der Waals surface area contributed by atoms with Gasteiger partial charge >= 0.3 is 0 Å². The SMILES string of the molecule is NC1C[C@H]2CC[C@@H](C1)N2Cc1ccc2c(c1)C(=O)N(C1CCC(=O)NC1=O)C2=O. The van der Waals surface area contributed by atoms with Gasteiger partial charge in [0.25, 0.3) is 11.8 Å². The van der Waals surface area contributed by atoms with E-state index in [1.165, 1.54) is 0 Å². The molecule has 4 atom stereocenters. The maximum atomic E-state index is 13.0. The summed E-state index contributed by atoms with van der Waals surface area (Å²) in [6.45, 7) is 0.731. The molecular weight excluding hydrogens is 372 g/mol. The van der Waals surface area contributed by atoms with Crippen molar-refractivity contribution < 1.29 is 19.2 Å². The first kappa shape index (κ1) is 18.4. The summed E-state index contributed by atoms with van der Waals surface area (Å²) in [6, 6.07) is 5.67. The molecule has 8 heteroatoms. The van der Waals surface area contributed by atoms with Crippen molar-refractivity contribution in [3.05, 3.63) is 34.9 Å². The Hall–Kier alpha value is -2.58. The number of hydrogen-bond donors (Lipinski definition) is 2. The zero-order valence-electron chi connectivity index (χ0n) is 16.1. The van der Waals surface area contributed by atoms with Gasteiger partial charge in [-0.15, -0.1) is 0 Å². The van der Waals surface area contributed by atoms with Crippen LogP contribution in [0, 0.1) is 0 Å². The van der Waals surface area contributed by atoms with Crippen LogP contribution >= 0.6 is 0 Å². The molecule has 2 unspecified atom stereocenters. The second-order valence-corrected chi connectivity index (χ2v) is 8.62. The molecule has 4 heterocycles. The number of hydrogen-bond acceptors (Lipinski definition) is 6. The summed E-state index contributed by atoms with van der Waals surface area (Å²) in [5.74, 6) is -1.88. The highest BCUT2D eigenvalue weighted by molar-refractivity contribution is 6.23. The van der Waals surface area contributed by atoms with Crippen molar-refractivity contribution in [1.29, 1.82) is 0 Å². The molecule has 3 N–H and O–H groups in total. The number of rotatable bonds is 3. The average Bonchev–Trinajstić information content (AvgIpc) is 3.06. The topological polar surface area (TPSA) is 113 Å². The van der Waals surface area contributed by atoms with Crippen molar-refractivity contribution >= 4 is 23.6 Å². The van der Waals surface area contributed by atoms with E-state index in [9.17, 15) is 19.2 Å². The molecule has 4 amide bonds. The molecule has 3 saturated heterocycles. The number of nitrogens with one attached hydrogen (secondary N) is 1. The Balaban J connectivity index is 1.37. The Morgan fingerprint density at radius 2 is 1.66 bits per heavy atom. The van der Waals surface area contributed by atoms with Crippen molar-refractivity contribution in [3.8, 4) is 0 Å². The number of carbonyl (C=O) groups is 4. The Labute approximate surface area is 168 Å². The first-order chi connectivity index (χ1) is 13.9. The maximum Gasteiger partial charge on any atom is 0.262 e. The van der Waals surface area contributed by atoms with E-state index in [2.05, 4.69) is 10.2 Å². The summed E-state index contributed by atoms with van der Waals surface area (Å²) >= 11 is 0. The number of piperidine rings is 2. The Kier molecular flexibility index (Phi) is 4.29. The maximum absolute atomic E-state index is 13.0. The Bertz CT molecular complexity index is 915. The zero-order valence-corrected chi connectivity index (χ0v) is 16.1. The number of carbonyl (C=O) groups excluding carboxylic acids is 4. The van der Waals surface area contributed by atoms with Gasteiger partial charge in [0.05, 0.1) is 11.1 Å². The second-order valence-electron chi connectivity index (χ2n) is 8.62. The van der Waals surface area contributed by atoms with Gasteiger partial charge in [-0.2, -0.15) is 0 Å². The van der Waals surface area contributed by atoms with E-state index in [1.54, 1.807) is 12.1 Å².